The van der Waals surface area contributed by atoms with Crippen LogP contribution < -0.4 is 35.1 Å². The molecule has 0 saturated heterocycles. The Morgan fingerprint density at radius 3 is 2.44 bits per heavy atom. The van der Waals surface area contributed by atoms with Crippen molar-refractivity contribution < 1.29 is 33.0 Å². The molecule has 0 atom stereocenters. The van der Waals surface area contributed by atoms with Gasteiger partial charge in [0.15, 0.2) is 28.2 Å². The van der Waals surface area contributed by atoms with Crippen molar-refractivity contribution in [3.8, 4) is 23.0 Å². The van der Waals surface area contributed by atoms with Crippen LogP contribution in [0.1, 0.15) is 37.0 Å². The van der Waals surface area contributed by atoms with E-state index < -0.39 is 0 Å². The van der Waals surface area contributed by atoms with Gasteiger partial charge in [-0.3, -0.25) is 19.0 Å². The van der Waals surface area contributed by atoms with Gasteiger partial charge in [0, 0.05) is 25.6 Å². The van der Waals surface area contributed by atoms with E-state index >= 15 is 0 Å². The molecule has 0 radical (unpaired) electrons. The van der Waals surface area contributed by atoms with Crippen molar-refractivity contribution in [1.82, 2.24) is 20.2 Å². The molecule has 4 heterocycles. The average molecular weight is 607 g/mol. The molecule has 224 valence electrons. The molecule has 2 aromatic carbocycles. The standard InChI is InChI=1S/C30H30N4O8S/c35-27(31-14-19-7-8-23-24(11-19)40-17-39-23)6-2-1-3-9-34-29(37)21-12-25-26(42-18-41-25)13-22(21)33-30(34)43-16-28(36)32-15-20-5-4-10-38-20/h4-5,7-8,10-13H,1-3,6,9,14-18H2,(H,31,35)(H,32,36). The van der Waals surface area contributed by atoms with Gasteiger partial charge < -0.3 is 34.0 Å². The van der Waals surface area contributed by atoms with E-state index in [1.165, 1.54) is 11.8 Å². The van der Waals surface area contributed by atoms with Crippen molar-refractivity contribution in [2.24, 2.45) is 0 Å². The molecule has 0 spiro atoms. The highest BCUT2D eigenvalue weighted by Crippen LogP contribution is 2.35. The number of aromatic nitrogens is 2. The first kappa shape index (κ1) is 28.5. The van der Waals surface area contributed by atoms with Gasteiger partial charge in [-0.2, -0.15) is 0 Å². The molecule has 2 amide bonds. The van der Waals surface area contributed by atoms with E-state index in [9.17, 15) is 14.4 Å². The molecule has 43 heavy (non-hydrogen) atoms. The zero-order valence-corrected chi connectivity index (χ0v) is 24.1. The number of benzene rings is 2. The summed E-state index contributed by atoms with van der Waals surface area (Å²) < 4.78 is 28.5. The summed E-state index contributed by atoms with van der Waals surface area (Å²) in [4.78, 5) is 43.2. The minimum Gasteiger partial charge on any atom is -0.467 e. The van der Waals surface area contributed by atoms with Crippen LogP contribution in [0.5, 0.6) is 23.0 Å². The van der Waals surface area contributed by atoms with Gasteiger partial charge in [0.2, 0.25) is 25.4 Å². The van der Waals surface area contributed by atoms with E-state index in [1.54, 1.807) is 35.1 Å². The summed E-state index contributed by atoms with van der Waals surface area (Å²) in [7, 11) is 0. The molecular formula is C30H30N4O8S. The number of unbranched alkanes of at least 4 members (excludes halogenated alkanes) is 2. The molecule has 2 aliphatic rings. The molecule has 0 bridgehead atoms. The Labute approximate surface area is 250 Å². The molecule has 0 aliphatic carbocycles. The third kappa shape index (κ3) is 6.88. The van der Waals surface area contributed by atoms with Crippen molar-refractivity contribution in [2.45, 2.75) is 50.5 Å². The summed E-state index contributed by atoms with van der Waals surface area (Å²) in [6.07, 6.45) is 3.98. The topological polar surface area (TPSA) is 143 Å². The van der Waals surface area contributed by atoms with Crippen molar-refractivity contribution in [2.75, 3.05) is 19.3 Å². The predicted molar refractivity (Wildman–Crippen MR) is 156 cm³/mol. The quantitative estimate of drug-likeness (QED) is 0.131. The molecule has 0 unspecified atom stereocenters. The van der Waals surface area contributed by atoms with Crippen LogP contribution in [0.15, 0.2) is 63.1 Å². The maximum absolute atomic E-state index is 13.6. The van der Waals surface area contributed by atoms with Crippen molar-refractivity contribution >= 4 is 34.5 Å². The van der Waals surface area contributed by atoms with Crippen LogP contribution in [0.3, 0.4) is 0 Å². The minimum atomic E-state index is -0.219. The third-order valence-electron chi connectivity index (χ3n) is 7.00. The predicted octanol–water partition coefficient (Wildman–Crippen LogP) is 3.73. The summed E-state index contributed by atoms with van der Waals surface area (Å²) >= 11 is 1.19. The van der Waals surface area contributed by atoms with Gasteiger partial charge in [-0.15, -0.1) is 0 Å². The molecule has 2 aromatic heterocycles. The summed E-state index contributed by atoms with van der Waals surface area (Å²) in [5.41, 5.74) is 1.19. The van der Waals surface area contributed by atoms with Crippen molar-refractivity contribution in [3.05, 3.63) is 70.4 Å². The first-order valence-corrected chi connectivity index (χ1v) is 14.9. The number of rotatable bonds is 13. The van der Waals surface area contributed by atoms with Gasteiger partial charge in [-0.05, 0) is 48.7 Å². The number of nitrogens with zero attached hydrogens (tertiary/aromatic N) is 2. The molecule has 6 rings (SSSR count). The monoisotopic (exact) mass is 606 g/mol. The number of carbonyl (C=O) groups excluding carboxylic acids is 2. The Morgan fingerprint density at radius 2 is 1.63 bits per heavy atom. The van der Waals surface area contributed by atoms with Gasteiger partial charge in [0.05, 0.1) is 29.5 Å². The molecule has 2 aliphatic heterocycles. The number of ether oxygens (including phenoxy) is 4. The largest absolute Gasteiger partial charge is 0.467 e. The number of hydrogen-bond donors (Lipinski definition) is 2. The minimum absolute atomic E-state index is 0.0462. The highest BCUT2D eigenvalue weighted by molar-refractivity contribution is 7.99. The van der Waals surface area contributed by atoms with Crippen LogP contribution >= 0.6 is 11.8 Å². The fraction of sp³-hybridized carbons (Fsp3) is 0.333. The second-order valence-corrected chi connectivity index (χ2v) is 10.9. The zero-order chi connectivity index (χ0) is 29.6. The fourth-order valence-corrected chi connectivity index (χ4v) is 5.61. The van der Waals surface area contributed by atoms with Crippen LogP contribution in [0.4, 0.5) is 0 Å². The average Bonchev–Trinajstić information content (AvgIpc) is 3.80. The second-order valence-electron chi connectivity index (χ2n) is 9.99. The van der Waals surface area contributed by atoms with E-state index in [0.29, 0.717) is 77.2 Å². The van der Waals surface area contributed by atoms with Gasteiger partial charge in [-0.1, -0.05) is 24.2 Å². The summed E-state index contributed by atoms with van der Waals surface area (Å²) in [5.74, 6) is 2.89. The lowest BCUT2D eigenvalue weighted by molar-refractivity contribution is -0.121. The van der Waals surface area contributed by atoms with E-state index in [1.807, 2.05) is 18.2 Å². The number of amides is 2. The molecule has 2 N–H and O–H groups in total. The van der Waals surface area contributed by atoms with Crippen LogP contribution in [-0.4, -0.2) is 40.7 Å². The lowest BCUT2D eigenvalue weighted by atomic mass is 10.1. The number of nitrogens with one attached hydrogen (secondary N) is 2. The highest BCUT2D eigenvalue weighted by atomic mass is 32.2. The Morgan fingerprint density at radius 1 is 0.860 bits per heavy atom. The normalized spacial score (nSPS) is 12.9. The Bertz CT molecular complexity index is 1690. The van der Waals surface area contributed by atoms with Crippen LogP contribution in [-0.2, 0) is 29.2 Å². The van der Waals surface area contributed by atoms with E-state index in [-0.39, 0.29) is 43.3 Å². The number of carbonyl (C=O) groups is 2. The molecule has 12 nitrogen and oxygen atoms in total. The molecule has 13 heteroatoms. The van der Waals surface area contributed by atoms with Crippen LogP contribution in [0, 0.1) is 0 Å². The number of furan rings is 1. The lowest BCUT2D eigenvalue weighted by Gasteiger charge is -2.13. The highest BCUT2D eigenvalue weighted by Gasteiger charge is 2.20. The zero-order valence-electron chi connectivity index (χ0n) is 23.3. The number of fused-ring (bicyclic) bond motifs is 3. The van der Waals surface area contributed by atoms with Gasteiger partial charge in [0.1, 0.15) is 5.76 Å². The summed E-state index contributed by atoms with van der Waals surface area (Å²) in [5, 5.41) is 6.59. The first-order chi connectivity index (χ1) is 21.0. The number of hydrogen-bond acceptors (Lipinski definition) is 10. The third-order valence-corrected chi connectivity index (χ3v) is 7.97. The Balaban J connectivity index is 1.04. The maximum atomic E-state index is 13.6. The lowest BCUT2D eigenvalue weighted by Crippen LogP contribution is -2.27. The van der Waals surface area contributed by atoms with E-state index in [4.69, 9.17) is 28.3 Å². The van der Waals surface area contributed by atoms with Gasteiger partial charge in [0.25, 0.3) is 5.56 Å². The SMILES string of the molecule is O=C(CCCCCn1c(SCC(=O)NCc2ccco2)nc2cc3c(cc2c1=O)OCO3)NCc1ccc2c(c1)OCO2. The molecular weight excluding hydrogens is 576 g/mol. The van der Waals surface area contributed by atoms with E-state index in [2.05, 4.69) is 10.6 Å². The van der Waals surface area contributed by atoms with Crippen LogP contribution in [0.25, 0.3) is 10.9 Å². The molecule has 0 fully saturated rings. The van der Waals surface area contributed by atoms with Crippen LogP contribution in [0.2, 0.25) is 0 Å². The summed E-state index contributed by atoms with van der Waals surface area (Å²) in [6.45, 7) is 1.37. The Kier molecular flexibility index (Phi) is 8.68. The molecule has 4 aromatic rings. The van der Waals surface area contributed by atoms with Gasteiger partial charge in [-0.25, -0.2) is 4.98 Å². The fourth-order valence-electron chi connectivity index (χ4n) is 4.75. The maximum Gasteiger partial charge on any atom is 0.262 e. The smallest absolute Gasteiger partial charge is 0.262 e. The second kappa shape index (κ2) is 13.1. The summed E-state index contributed by atoms with van der Waals surface area (Å²) in [6, 6.07) is 12.5. The van der Waals surface area contributed by atoms with Crippen molar-refractivity contribution in [3.63, 3.8) is 0 Å². The first-order valence-electron chi connectivity index (χ1n) is 13.9. The Hall–Kier alpha value is -4.65. The van der Waals surface area contributed by atoms with E-state index in [0.717, 1.165) is 12.0 Å². The molecule has 0 saturated carbocycles. The van der Waals surface area contributed by atoms with Crippen molar-refractivity contribution in [1.29, 1.82) is 0 Å². The number of thioether (sulfide) groups is 1. The van der Waals surface area contributed by atoms with Gasteiger partial charge >= 0.3 is 0 Å².